The molecule has 1 aromatic carbocycles. The number of ether oxygens (including phenoxy) is 1. The minimum atomic E-state index is -0.163. The summed E-state index contributed by atoms with van der Waals surface area (Å²) in [6.45, 7) is 10.0. The third-order valence-corrected chi connectivity index (χ3v) is 7.89. The lowest BCUT2D eigenvalue weighted by molar-refractivity contribution is -0.121. The Bertz CT molecular complexity index is 1400. The van der Waals surface area contributed by atoms with E-state index in [2.05, 4.69) is 58.4 Å². The number of benzene rings is 1. The molecular weight excluding hydrogens is 520 g/mol. The third-order valence-electron chi connectivity index (χ3n) is 7.89. The predicted octanol–water partition coefficient (Wildman–Crippen LogP) is 3.74. The van der Waals surface area contributed by atoms with Crippen LogP contribution in [-0.4, -0.2) is 68.6 Å². The SMILES string of the molecule is C=CC(=O)NC1CCC(C(=O)Nc2cccc(CNc3nc(OC4CCN(C)C4)nc4c(C(C)C)cnn34)c2)CC1. The lowest BCUT2D eigenvalue weighted by atomic mass is 9.85. The monoisotopic (exact) mass is 560 g/mol. The van der Waals surface area contributed by atoms with Crippen LogP contribution in [0.1, 0.15) is 63.0 Å². The standard InChI is InChI=1S/C30H40N8O3/c1-5-26(39)33-22-11-9-21(10-12-22)28(40)34-23-8-6-7-20(15-23)16-31-29-36-30(41-24-13-14-37(4)18-24)35-27-25(19(2)3)17-32-38(27)29/h5-8,15,17,19,21-22,24H,1,9-14,16,18H2,2-4H3,(H,33,39)(H,34,40)(H,31,35,36). The topological polar surface area (TPSA) is 126 Å². The summed E-state index contributed by atoms with van der Waals surface area (Å²) in [5, 5.41) is 14.0. The van der Waals surface area contributed by atoms with E-state index < -0.39 is 0 Å². The normalized spacial score (nSPS) is 21.1. The van der Waals surface area contributed by atoms with Crippen molar-refractivity contribution in [3.8, 4) is 6.01 Å². The number of anilines is 2. The number of fused-ring (bicyclic) bond motifs is 1. The van der Waals surface area contributed by atoms with Crippen LogP contribution in [0.15, 0.2) is 43.1 Å². The quantitative estimate of drug-likeness (QED) is 0.320. The summed E-state index contributed by atoms with van der Waals surface area (Å²) in [5.74, 6) is 0.582. The molecule has 3 heterocycles. The van der Waals surface area contributed by atoms with E-state index in [0.717, 1.165) is 67.7 Å². The van der Waals surface area contributed by atoms with Gasteiger partial charge in [-0.05, 0) is 68.8 Å². The number of rotatable bonds is 10. The second kappa shape index (κ2) is 12.7. The Morgan fingerprint density at radius 1 is 1.17 bits per heavy atom. The molecule has 1 unspecified atom stereocenters. The van der Waals surface area contributed by atoms with Crippen LogP contribution in [0.3, 0.4) is 0 Å². The lowest BCUT2D eigenvalue weighted by Crippen LogP contribution is -2.38. The first-order valence-corrected chi connectivity index (χ1v) is 14.5. The molecule has 2 amide bonds. The van der Waals surface area contributed by atoms with E-state index in [-0.39, 0.29) is 35.8 Å². The molecule has 5 rings (SSSR count). The highest BCUT2D eigenvalue weighted by atomic mass is 16.5. The first kappa shape index (κ1) is 28.5. The minimum absolute atomic E-state index is 0.0122. The van der Waals surface area contributed by atoms with E-state index >= 15 is 0 Å². The largest absolute Gasteiger partial charge is 0.459 e. The molecule has 1 aliphatic carbocycles. The molecule has 0 bridgehead atoms. The van der Waals surface area contributed by atoms with Gasteiger partial charge in [-0.2, -0.15) is 19.6 Å². The van der Waals surface area contributed by atoms with Crippen molar-refractivity contribution >= 4 is 29.1 Å². The van der Waals surface area contributed by atoms with Gasteiger partial charge in [-0.15, -0.1) is 0 Å². The molecule has 218 valence electrons. The fourth-order valence-electron chi connectivity index (χ4n) is 5.53. The molecule has 3 aromatic rings. The number of carbonyl (C=O) groups excluding carboxylic acids is 2. The van der Waals surface area contributed by atoms with Gasteiger partial charge < -0.3 is 25.6 Å². The number of likely N-dealkylation sites (N-methyl/N-ethyl adjacent to an activating group) is 1. The van der Waals surface area contributed by atoms with Crippen molar-refractivity contribution in [3.63, 3.8) is 0 Å². The predicted molar refractivity (Wildman–Crippen MR) is 158 cm³/mol. The number of nitrogens with one attached hydrogen (secondary N) is 3. The van der Waals surface area contributed by atoms with Crippen LogP contribution in [0.4, 0.5) is 11.6 Å². The van der Waals surface area contributed by atoms with Crippen LogP contribution in [0.5, 0.6) is 6.01 Å². The van der Waals surface area contributed by atoms with Crippen LogP contribution in [0.25, 0.3) is 5.65 Å². The Morgan fingerprint density at radius 2 is 1.98 bits per heavy atom. The molecule has 2 fully saturated rings. The fraction of sp³-hybridized carbons (Fsp3) is 0.500. The Hall–Kier alpha value is -3.99. The number of carbonyl (C=O) groups is 2. The van der Waals surface area contributed by atoms with Crippen molar-refractivity contribution < 1.29 is 14.3 Å². The van der Waals surface area contributed by atoms with Crippen molar-refractivity contribution in [1.29, 1.82) is 0 Å². The van der Waals surface area contributed by atoms with Crippen molar-refractivity contribution in [3.05, 3.63) is 54.2 Å². The molecule has 11 nitrogen and oxygen atoms in total. The highest BCUT2D eigenvalue weighted by Gasteiger charge is 2.27. The van der Waals surface area contributed by atoms with Gasteiger partial charge >= 0.3 is 6.01 Å². The molecule has 2 aliphatic rings. The maximum atomic E-state index is 13.0. The minimum Gasteiger partial charge on any atom is -0.459 e. The summed E-state index contributed by atoms with van der Waals surface area (Å²) in [6.07, 6.45) is 7.16. The van der Waals surface area contributed by atoms with Gasteiger partial charge in [-0.3, -0.25) is 9.59 Å². The van der Waals surface area contributed by atoms with Gasteiger partial charge in [-0.25, -0.2) is 0 Å². The van der Waals surface area contributed by atoms with E-state index in [1.165, 1.54) is 6.08 Å². The maximum absolute atomic E-state index is 13.0. The molecule has 3 N–H and O–H groups in total. The van der Waals surface area contributed by atoms with Crippen molar-refractivity contribution in [2.24, 2.45) is 5.92 Å². The summed E-state index contributed by atoms with van der Waals surface area (Å²) in [7, 11) is 2.08. The molecule has 0 radical (unpaired) electrons. The van der Waals surface area contributed by atoms with Crippen molar-refractivity contribution in [2.45, 2.75) is 70.6 Å². The zero-order valence-corrected chi connectivity index (χ0v) is 24.1. The Kier molecular flexibility index (Phi) is 8.82. The van der Waals surface area contributed by atoms with Crippen LogP contribution in [0, 0.1) is 5.92 Å². The molecule has 0 spiro atoms. The summed E-state index contributed by atoms with van der Waals surface area (Å²) in [6, 6.07) is 8.25. The van der Waals surface area contributed by atoms with E-state index in [9.17, 15) is 9.59 Å². The van der Waals surface area contributed by atoms with Gasteiger partial charge in [0.25, 0.3) is 0 Å². The number of aromatic nitrogens is 4. The fourth-order valence-corrected chi connectivity index (χ4v) is 5.53. The summed E-state index contributed by atoms with van der Waals surface area (Å²) < 4.78 is 7.91. The van der Waals surface area contributed by atoms with Gasteiger partial charge in [0.2, 0.25) is 17.8 Å². The van der Waals surface area contributed by atoms with Gasteiger partial charge in [0, 0.05) is 42.8 Å². The van der Waals surface area contributed by atoms with Gasteiger partial charge in [-0.1, -0.05) is 32.6 Å². The summed E-state index contributed by atoms with van der Waals surface area (Å²) >= 11 is 0. The Balaban J connectivity index is 1.24. The van der Waals surface area contributed by atoms with Crippen molar-refractivity contribution in [2.75, 3.05) is 30.8 Å². The highest BCUT2D eigenvalue weighted by molar-refractivity contribution is 5.92. The smallest absolute Gasteiger partial charge is 0.322 e. The number of nitrogens with zero attached hydrogens (tertiary/aromatic N) is 5. The van der Waals surface area contributed by atoms with E-state index in [1.54, 1.807) is 4.52 Å². The Morgan fingerprint density at radius 3 is 2.68 bits per heavy atom. The first-order chi connectivity index (χ1) is 19.8. The highest BCUT2D eigenvalue weighted by Crippen LogP contribution is 2.27. The average Bonchev–Trinajstić information content (AvgIpc) is 3.58. The molecule has 41 heavy (non-hydrogen) atoms. The molecule has 1 atom stereocenters. The average molecular weight is 561 g/mol. The Labute approximate surface area is 240 Å². The zero-order valence-electron chi connectivity index (χ0n) is 24.1. The van der Waals surface area contributed by atoms with Crippen molar-refractivity contribution in [1.82, 2.24) is 29.8 Å². The van der Waals surface area contributed by atoms with Crippen LogP contribution in [0.2, 0.25) is 0 Å². The van der Waals surface area contributed by atoms with Gasteiger partial charge in [0.05, 0.1) is 6.20 Å². The van der Waals surface area contributed by atoms with E-state index in [1.807, 2.05) is 30.5 Å². The molecule has 11 heteroatoms. The summed E-state index contributed by atoms with van der Waals surface area (Å²) in [4.78, 5) is 36.2. The second-order valence-corrected chi connectivity index (χ2v) is 11.4. The molecule has 1 saturated heterocycles. The van der Waals surface area contributed by atoms with Crippen LogP contribution < -0.4 is 20.7 Å². The number of hydrogen-bond donors (Lipinski definition) is 3. The third kappa shape index (κ3) is 7.02. The molecule has 1 saturated carbocycles. The number of amides is 2. The number of hydrogen-bond acceptors (Lipinski definition) is 8. The van der Waals surface area contributed by atoms with Gasteiger partial charge in [0.1, 0.15) is 6.10 Å². The van der Waals surface area contributed by atoms with E-state index in [0.29, 0.717) is 18.5 Å². The van der Waals surface area contributed by atoms with Crippen LogP contribution >= 0.6 is 0 Å². The molecule has 2 aromatic heterocycles. The van der Waals surface area contributed by atoms with E-state index in [4.69, 9.17) is 9.72 Å². The summed E-state index contributed by atoms with van der Waals surface area (Å²) in [5.41, 5.74) is 3.51. The maximum Gasteiger partial charge on any atom is 0.322 e. The zero-order chi connectivity index (χ0) is 28.9. The number of likely N-dealkylation sites (tertiary alicyclic amines) is 1. The molecular formula is C30H40N8O3. The first-order valence-electron chi connectivity index (χ1n) is 14.5. The van der Waals surface area contributed by atoms with Gasteiger partial charge in [0.15, 0.2) is 5.65 Å². The lowest BCUT2D eigenvalue weighted by Gasteiger charge is -2.28. The van der Waals surface area contributed by atoms with Crippen LogP contribution in [-0.2, 0) is 16.1 Å². The second-order valence-electron chi connectivity index (χ2n) is 11.4. The molecule has 1 aliphatic heterocycles.